The van der Waals surface area contributed by atoms with E-state index in [-0.39, 0.29) is 37.8 Å². The van der Waals surface area contributed by atoms with Crippen LogP contribution in [0.5, 0.6) is 0 Å². The lowest BCUT2D eigenvalue weighted by Gasteiger charge is -2.45. The summed E-state index contributed by atoms with van der Waals surface area (Å²) in [5.74, 6) is -4.10. The van der Waals surface area contributed by atoms with E-state index >= 15 is 0 Å². The van der Waals surface area contributed by atoms with Crippen LogP contribution in [0.25, 0.3) is 0 Å². The maximum Gasteiger partial charge on any atom is 0.303 e. The van der Waals surface area contributed by atoms with Crippen LogP contribution in [-0.4, -0.2) is 70.6 Å². The molecule has 2 aliphatic heterocycles. The molecule has 1 fully saturated rings. The van der Waals surface area contributed by atoms with Gasteiger partial charge < -0.3 is 18.9 Å². The first-order valence-electron chi connectivity index (χ1n) is 9.79. The zero-order valence-corrected chi connectivity index (χ0v) is 22.7. The van der Waals surface area contributed by atoms with Crippen molar-refractivity contribution in [2.45, 2.75) is 50.1 Å². The first kappa shape index (κ1) is 27.9. The van der Waals surface area contributed by atoms with Gasteiger partial charge in [-0.1, -0.05) is 62.3 Å². The minimum Gasteiger partial charge on any atom is -0.463 e. The number of benzene rings is 1. The molecule has 2 heterocycles. The third kappa shape index (κ3) is 5.26. The average Bonchev–Trinajstić information content (AvgIpc) is 3.01. The van der Waals surface area contributed by atoms with Crippen LogP contribution in [0.15, 0.2) is 0 Å². The Morgan fingerprint density at radius 2 is 1.29 bits per heavy atom. The second-order valence-electron chi connectivity index (χ2n) is 7.45. The fourth-order valence-corrected chi connectivity index (χ4v) is 5.61. The standard InChI is InChI=1S/C20H16BrCl4NO9/c1-5(27)32-4-8-16(33-6(2)28)17(34-7(3)29)15(18(21)35-8)26-19(30)9-10(20(26)31)12(23)14(25)13(24)11(9)22/h8,15-18H,4H2,1-3H3/t8?,15-,16-,17?,18+/m0/s1. The first-order valence-corrected chi connectivity index (χ1v) is 12.2. The van der Waals surface area contributed by atoms with Crippen LogP contribution in [-0.2, 0) is 33.3 Å². The van der Waals surface area contributed by atoms with Crippen LogP contribution < -0.4 is 0 Å². The van der Waals surface area contributed by atoms with Gasteiger partial charge in [0.25, 0.3) is 11.8 Å². The van der Waals surface area contributed by atoms with E-state index in [1.54, 1.807) is 0 Å². The number of hydrogen-bond acceptors (Lipinski definition) is 9. The minimum absolute atomic E-state index is 0.230. The predicted octanol–water partition coefficient (Wildman–Crippen LogP) is 3.81. The Kier molecular flexibility index (Phi) is 8.61. The number of imide groups is 1. The molecular weight excluding hydrogens is 620 g/mol. The van der Waals surface area contributed by atoms with Gasteiger partial charge in [0.05, 0.1) is 31.2 Å². The Morgan fingerprint density at radius 3 is 1.71 bits per heavy atom. The molecule has 2 aliphatic rings. The van der Waals surface area contributed by atoms with Crippen LogP contribution >= 0.6 is 62.3 Å². The number of esters is 3. The van der Waals surface area contributed by atoms with Crippen molar-refractivity contribution in [1.29, 1.82) is 0 Å². The van der Waals surface area contributed by atoms with Crippen LogP contribution in [0.1, 0.15) is 41.5 Å². The maximum atomic E-state index is 13.4. The molecule has 190 valence electrons. The van der Waals surface area contributed by atoms with E-state index in [0.29, 0.717) is 4.90 Å². The molecule has 0 aromatic heterocycles. The Bertz CT molecular complexity index is 1080. The van der Waals surface area contributed by atoms with E-state index in [2.05, 4.69) is 15.9 Å². The third-order valence-corrected chi connectivity index (χ3v) is 7.65. The number of ether oxygens (including phenoxy) is 4. The SMILES string of the molecule is CC(=O)OCC1O[C@@H](Br)[C@@H](N2C(=O)c3c(Cl)c(Cl)c(Cl)c(Cl)c3C2=O)C(OC(C)=O)[C@H]1OC(C)=O. The number of rotatable bonds is 5. The number of carbonyl (C=O) groups excluding carboxylic acids is 5. The molecule has 15 heteroatoms. The molecule has 0 radical (unpaired) electrons. The topological polar surface area (TPSA) is 126 Å². The summed E-state index contributed by atoms with van der Waals surface area (Å²) >= 11 is 27.8. The van der Waals surface area contributed by atoms with E-state index in [4.69, 9.17) is 65.4 Å². The second-order valence-corrected chi connectivity index (χ2v) is 9.87. The molecule has 3 rings (SSSR count). The Labute approximate surface area is 227 Å². The van der Waals surface area contributed by atoms with Gasteiger partial charge in [0, 0.05) is 20.8 Å². The highest BCUT2D eigenvalue weighted by Crippen LogP contribution is 2.46. The third-order valence-electron chi connectivity index (χ3n) is 5.09. The molecule has 1 aromatic rings. The number of hydrogen-bond donors (Lipinski definition) is 0. The highest BCUT2D eigenvalue weighted by Gasteiger charge is 2.57. The molecule has 2 unspecified atom stereocenters. The number of nitrogens with zero attached hydrogens (tertiary/aromatic N) is 1. The van der Waals surface area contributed by atoms with E-state index in [1.807, 2.05) is 0 Å². The molecule has 0 bridgehead atoms. The Hall–Kier alpha value is -1.63. The van der Waals surface area contributed by atoms with Crippen LogP contribution in [0.3, 0.4) is 0 Å². The summed E-state index contributed by atoms with van der Waals surface area (Å²) in [5.41, 5.74) is -0.605. The first-order chi connectivity index (χ1) is 16.3. The van der Waals surface area contributed by atoms with Crippen molar-refractivity contribution >= 4 is 92.1 Å². The fraction of sp³-hybridized carbons (Fsp3) is 0.450. The number of alkyl halides is 1. The zero-order valence-electron chi connectivity index (χ0n) is 18.1. The van der Waals surface area contributed by atoms with Gasteiger partial charge in [-0.3, -0.25) is 28.9 Å². The smallest absolute Gasteiger partial charge is 0.303 e. The molecule has 0 spiro atoms. The molecule has 5 atom stereocenters. The largest absolute Gasteiger partial charge is 0.463 e. The Balaban J connectivity index is 2.12. The van der Waals surface area contributed by atoms with Gasteiger partial charge in [0.15, 0.2) is 12.2 Å². The second kappa shape index (κ2) is 10.8. The van der Waals surface area contributed by atoms with Gasteiger partial charge in [-0.25, -0.2) is 0 Å². The zero-order chi connectivity index (χ0) is 26.4. The van der Waals surface area contributed by atoms with Crippen LogP contribution in [0.4, 0.5) is 0 Å². The average molecular weight is 636 g/mol. The van der Waals surface area contributed by atoms with Crippen molar-refractivity contribution in [1.82, 2.24) is 4.90 Å². The highest BCUT2D eigenvalue weighted by atomic mass is 79.9. The van der Waals surface area contributed by atoms with Gasteiger partial charge >= 0.3 is 17.9 Å². The van der Waals surface area contributed by atoms with Crippen molar-refractivity contribution < 1.29 is 42.9 Å². The summed E-state index contributed by atoms with van der Waals surface area (Å²) in [4.78, 5) is 62.7. The summed E-state index contributed by atoms with van der Waals surface area (Å²) in [6.45, 7) is 2.95. The van der Waals surface area contributed by atoms with Crippen LogP contribution in [0, 0.1) is 0 Å². The molecule has 35 heavy (non-hydrogen) atoms. The predicted molar refractivity (Wildman–Crippen MR) is 126 cm³/mol. The molecule has 1 saturated heterocycles. The number of amides is 2. The van der Waals surface area contributed by atoms with Crippen LogP contribution in [0.2, 0.25) is 20.1 Å². The minimum atomic E-state index is -1.44. The summed E-state index contributed by atoms with van der Waals surface area (Å²) in [7, 11) is 0. The summed E-state index contributed by atoms with van der Waals surface area (Å²) in [5, 5.41) is -2.23. The normalized spacial score (nSPS) is 25.8. The van der Waals surface area contributed by atoms with Gasteiger partial charge in [-0.15, -0.1) is 0 Å². The molecule has 2 amide bonds. The Morgan fingerprint density at radius 1 is 0.829 bits per heavy atom. The monoisotopic (exact) mass is 633 g/mol. The fourth-order valence-electron chi connectivity index (χ4n) is 3.78. The number of carbonyl (C=O) groups is 5. The van der Waals surface area contributed by atoms with Gasteiger partial charge in [-0.2, -0.15) is 0 Å². The molecule has 0 N–H and O–H groups in total. The lowest BCUT2D eigenvalue weighted by molar-refractivity contribution is -0.216. The van der Waals surface area contributed by atoms with Gasteiger partial charge in [0.2, 0.25) is 0 Å². The summed E-state index contributed by atoms with van der Waals surface area (Å²) in [6.07, 6.45) is -3.95. The molecule has 1 aromatic carbocycles. The van der Waals surface area contributed by atoms with Crippen molar-refractivity contribution in [3.8, 4) is 0 Å². The van der Waals surface area contributed by atoms with Crippen molar-refractivity contribution in [2.24, 2.45) is 0 Å². The summed E-state index contributed by atoms with van der Waals surface area (Å²) < 4.78 is 21.5. The van der Waals surface area contributed by atoms with E-state index in [9.17, 15) is 24.0 Å². The summed E-state index contributed by atoms with van der Waals surface area (Å²) in [6, 6.07) is -1.38. The molecule has 0 saturated carbocycles. The van der Waals surface area contributed by atoms with Gasteiger partial charge in [-0.05, 0) is 0 Å². The molecule has 10 nitrogen and oxygen atoms in total. The van der Waals surface area contributed by atoms with Crippen molar-refractivity contribution in [3.63, 3.8) is 0 Å². The number of halogens is 5. The van der Waals surface area contributed by atoms with E-state index in [0.717, 1.165) is 20.8 Å². The highest BCUT2D eigenvalue weighted by molar-refractivity contribution is 9.09. The number of fused-ring (bicyclic) bond motifs is 1. The van der Waals surface area contributed by atoms with Crippen molar-refractivity contribution in [2.75, 3.05) is 6.61 Å². The maximum absolute atomic E-state index is 13.4. The van der Waals surface area contributed by atoms with E-state index < -0.39 is 59.1 Å². The lowest BCUT2D eigenvalue weighted by Crippen LogP contribution is -2.65. The molecular formula is C20H16BrCl4NO9. The van der Waals surface area contributed by atoms with Gasteiger partial charge in [0.1, 0.15) is 23.8 Å². The lowest BCUT2D eigenvalue weighted by atomic mass is 9.96. The quantitative estimate of drug-likeness (QED) is 0.119. The van der Waals surface area contributed by atoms with Crippen molar-refractivity contribution in [3.05, 3.63) is 31.2 Å². The molecule has 0 aliphatic carbocycles. The van der Waals surface area contributed by atoms with E-state index in [1.165, 1.54) is 0 Å².